The quantitative estimate of drug-likeness (QED) is 0.609. The van der Waals surface area contributed by atoms with E-state index >= 15 is 0 Å². The van der Waals surface area contributed by atoms with Gasteiger partial charge in [0.25, 0.3) is 0 Å². The van der Waals surface area contributed by atoms with Gasteiger partial charge in [-0.15, -0.1) is 0 Å². The maximum atomic E-state index is 11.1. The second-order valence-electron chi connectivity index (χ2n) is 4.28. The summed E-state index contributed by atoms with van der Waals surface area (Å²) in [4.78, 5) is 15.6. The number of nitrogens with one attached hydrogen (secondary N) is 1. The van der Waals surface area contributed by atoms with E-state index in [4.69, 9.17) is 4.74 Å². The third kappa shape index (κ3) is 4.06. The molecule has 2 rings (SSSR count). The van der Waals surface area contributed by atoms with Gasteiger partial charge in [-0.2, -0.15) is 0 Å². The number of rotatable bonds is 7. The number of nitrogens with zero attached hydrogens (tertiary/aromatic N) is 2. The summed E-state index contributed by atoms with van der Waals surface area (Å²) >= 11 is 0. The lowest BCUT2D eigenvalue weighted by Crippen LogP contribution is -2.16. The Morgan fingerprint density at radius 2 is 2.37 bits per heavy atom. The van der Waals surface area contributed by atoms with Crippen LogP contribution in [-0.2, 0) is 16.1 Å². The van der Waals surface area contributed by atoms with E-state index in [1.54, 1.807) is 0 Å². The average Bonchev–Trinajstić information content (AvgIpc) is 2.81. The molecule has 0 fully saturated rings. The number of ether oxygens (including phenoxy) is 1. The van der Waals surface area contributed by atoms with Gasteiger partial charge in [0, 0.05) is 25.4 Å². The van der Waals surface area contributed by atoms with E-state index in [9.17, 15) is 4.79 Å². The van der Waals surface area contributed by atoms with Crippen LogP contribution in [0.5, 0.6) is 0 Å². The molecule has 0 spiro atoms. The van der Waals surface area contributed by atoms with Crippen LogP contribution in [0.15, 0.2) is 30.6 Å². The van der Waals surface area contributed by atoms with Gasteiger partial charge < -0.3 is 14.5 Å². The second-order valence-corrected chi connectivity index (χ2v) is 4.28. The van der Waals surface area contributed by atoms with Crippen LogP contribution in [0.2, 0.25) is 0 Å². The van der Waals surface area contributed by atoms with Crippen molar-refractivity contribution < 1.29 is 9.53 Å². The summed E-state index contributed by atoms with van der Waals surface area (Å²) in [5, 5.41) is 3.28. The highest BCUT2D eigenvalue weighted by Gasteiger charge is 2.02. The Balaban J connectivity index is 1.69. The standard InChI is InChI=1S/C14H19N3O2/c1-2-19-14(18)7-5-8-15-10-12-11-17-9-4-3-6-13(17)16-12/h3-4,6,9,11,15H,2,5,7-8,10H2,1H3. The van der Waals surface area contributed by atoms with Gasteiger partial charge >= 0.3 is 5.97 Å². The van der Waals surface area contributed by atoms with Gasteiger partial charge in [-0.05, 0) is 32.0 Å². The largest absolute Gasteiger partial charge is 0.466 e. The van der Waals surface area contributed by atoms with E-state index in [1.165, 1.54) is 0 Å². The summed E-state index contributed by atoms with van der Waals surface area (Å²) < 4.78 is 6.86. The fraction of sp³-hybridized carbons (Fsp3) is 0.429. The van der Waals surface area contributed by atoms with Crippen LogP contribution in [0, 0.1) is 0 Å². The first-order valence-corrected chi connectivity index (χ1v) is 6.58. The Bertz CT molecular complexity index is 503. The molecule has 19 heavy (non-hydrogen) atoms. The third-order valence-electron chi connectivity index (χ3n) is 2.76. The normalized spacial score (nSPS) is 10.8. The number of carbonyl (C=O) groups excluding carboxylic acids is 1. The summed E-state index contributed by atoms with van der Waals surface area (Å²) in [5.41, 5.74) is 1.95. The van der Waals surface area contributed by atoms with Crippen LogP contribution in [0.3, 0.4) is 0 Å². The van der Waals surface area contributed by atoms with Gasteiger partial charge in [-0.25, -0.2) is 4.98 Å². The molecule has 0 aromatic carbocycles. The van der Waals surface area contributed by atoms with Crippen molar-refractivity contribution in [2.45, 2.75) is 26.3 Å². The number of fused-ring (bicyclic) bond motifs is 1. The zero-order chi connectivity index (χ0) is 13.5. The lowest BCUT2D eigenvalue weighted by atomic mass is 10.3. The average molecular weight is 261 g/mol. The van der Waals surface area contributed by atoms with Crippen LogP contribution in [0.4, 0.5) is 0 Å². The molecule has 0 aliphatic rings. The maximum Gasteiger partial charge on any atom is 0.305 e. The maximum absolute atomic E-state index is 11.1. The van der Waals surface area contributed by atoms with Crippen molar-refractivity contribution >= 4 is 11.6 Å². The monoisotopic (exact) mass is 261 g/mol. The van der Waals surface area contributed by atoms with Crippen LogP contribution in [0.1, 0.15) is 25.5 Å². The lowest BCUT2D eigenvalue weighted by Gasteiger charge is -2.02. The van der Waals surface area contributed by atoms with Gasteiger partial charge in [0.05, 0.1) is 12.3 Å². The van der Waals surface area contributed by atoms with Gasteiger partial charge in [0.1, 0.15) is 5.65 Å². The minimum absolute atomic E-state index is 0.128. The first-order valence-electron chi connectivity index (χ1n) is 6.58. The summed E-state index contributed by atoms with van der Waals surface area (Å²) in [6.45, 7) is 3.77. The van der Waals surface area contributed by atoms with Crippen LogP contribution in [0.25, 0.3) is 5.65 Å². The summed E-state index contributed by atoms with van der Waals surface area (Å²) in [5.74, 6) is -0.128. The van der Waals surface area contributed by atoms with Gasteiger partial charge in [0.15, 0.2) is 0 Å². The molecule has 2 aromatic rings. The first-order chi connectivity index (χ1) is 9.29. The minimum Gasteiger partial charge on any atom is -0.466 e. The molecule has 5 heteroatoms. The number of aromatic nitrogens is 2. The number of hydrogen-bond acceptors (Lipinski definition) is 4. The molecule has 0 aliphatic carbocycles. The Hall–Kier alpha value is -1.88. The van der Waals surface area contributed by atoms with E-state index in [2.05, 4.69) is 10.3 Å². The van der Waals surface area contributed by atoms with Crippen molar-refractivity contribution in [3.8, 4) is 0 Å². The highest BCUT2D eigenvalue weighted by atomic mass is 16.5. The minimum atomic E-state index is -0.128. The molecule has 2 aromatic heterocycles. The number of pyridine rings is 1. The third-order valence-corrected chi connectivity index (χ3v) is 2.76. The second kappa shape index (κ2) is 6.89. The van der Waals surface area contributed by atoms with Crippen molar-refractivity contribution in [2.24, 2.45) is 0 Å². The topological polar surface area (TPSA) is 55.6 Å². The SMILES string of the molecule is CCOC(=O)CCCNCc1cn2ccccc2n1. The zero-order valence-corrected chi connectivity index (χ0v) is 11.1. The van der Waals surface area contributed by atoms with Crippen molar-refractivity contribution in [1.29, 1.82) is 0 Å². The van der Waals surface area contributed by atoms with Crippen molar-refractivity contribution in [2.75, 3.05) is 13.2 Å². The van der Waals surface area contributed by atoms with Crippen LogP contribution in [-0.4, -0.2) is 28.5 Å². The summed E-state index contributed by atoms with van der Waals surface area (Å²) in [6.07, 6.45) is 5.23. The fourth-order valence-electron chi connectivity index (χ4n) is 1.88. The Morgan fingerprint density at radius 3 is 3.16 bits per heavy atom. The van der Waals surface area contributed by atoms with Gasteiger partial charge in [-0.1, -0.05) is 6.07 Å². The Labute approximate surface area is 112 Å². The molecule has 0 saturated carbocycles. The fourth-order valence-corrected chi connectivity index (χ4v) is 1.88. The molecule has 0 atom stereocenters. The summed E-state index contributed by atoms with van der Waals surface area (Å²) in [6, 6.07) is 5.92. The molecule has 0 aliphatic heterocycles. The van der Waals surface area contributed by atoms with Gasteiger partial charge in [0.2, 0.25) is 0 Å². The molecule has 0 amide bonds. The first kappa shape index (κ1) is 13.5. The van der Waals surface area contributed by atoms with E-state index < -0.39 is 0 Å². The predicted molar refractivity (Wildman–Crippen MR) is 72.8 cm³/mol. The van der Waals surface area contributed by atoms with Gasteiger partial charge in [-0.3, -0.25) is 4.79 Å². The number of hydrogen-bond donors (Lipinski definition) is 1. The van der Waals surface area contributed by atoms with Crippen molar-refractivity contribution in [3.63, 3.8) is 0 Å². The molecule has 102 valence electrons. The van der Waals surface area contributed by atoms with E-state index in [-0.39, 0.29) is 5.97 Å². The van der Waals surface area contributed by atoms with E-state index in [1.807, 2.05) is 41.9 Å². The van der Waals surface area contributed by atoms with E-state index in [0.717, 1.165) is 24.3 Å². The molecular weight excluding hydrogens is 242 g/mol. The van der Waals surface area contributed by atoms with Crippen molar-refractivity contribution in [1.82, 2.24) is 14.7 Å². The highest BCUT2D eigenvalue weighted by Crippen LogP contribution is 2.04. The van der Waals surface area contributed by atoms with Crippen LogP contribution < -0.4 is 5.32 Å². The lowest BCUT2D eigenvalue weighted by molar-refractivity contribution is -0.143. The Morgan fingerprint density at radius 1 is 1.47 bits per heavy atom. The molecule has 1 N–H and O–H groups in total. The van der Waals surface area contributed by atoms with E-state index in [0.29, 0.717) is 19.6 Å². The molecule has 0 unspecified atom stereocenters. The molecule has 0 saturated heterocycles. The molecule has 0 bridgehead atoms. The number of esters is 1. The highest BCUT2D eigenvalue weighted by molar-refractivity contribution is 5.69. The van der Waals surface area contributed by atoms with Crippen molar-refractivity contribution in [3.05, 3.63) is 36.3 Å². The zero-order valence-electron chi connectivity index (χ0n) is 11.1. The molecular formula is C14H19N3O2. The van der Waals surface area contributed by atoms with Crippen LogP contribution >= 0.6 is 0 Å². The molecule has 0 radical (unpaired) electrons. The number of imidazole rings is 1. The molecule has 5 nitrogen and oxygen atoms in total. The molecule has 2 heterocycles. The Kier molecular flexibility index (Phi) is 4.92. The predicted octanol–water partition coefficient (Wildman–Crippen LogP) is 1.77. The number of carbonyl (C=O) groups is 1. The smallest absolute Gasteiger partial charge is 0.305 e. The summed E-state index contributed by atoms with van der Waals surface area (Å²) in [7, 11) is 0.